The third-order valence-electron chi connectivity index (χ3n) is 4.07. The van der Waals surface area contributed by atoms with Gasteiger partial charge < -0.3 is 14.2 Å². The molecule has 0 spiro atoms. The summed E-state index contributed by atoms with van der Waals surface area (Å²) in [4.78, 5) is 0. The highest BCUT2D eigenvalue weighted by Gasteiger charge is 2.04. The first-order valence-corrected chi connectivity index (χ1v) is 11.1. The number of rotatable bonds is 11. The largest absolute Gasteiger partial charge is 0.385 e. The Kier molecular flexibility index (Phi) is 8.13. The lowest BCUT2D eigenvalue weighted by Crippen LogP contribution is -2.11. The average molecular weight is 392 g/mol. The van der Waals surface area contributed by atoms with E-state index < -0.39 is 10.1 Å². The van der Waals surface area contributed by atoms with E-state index in [-0.39, 0.29) is 6.10 Å². The number of ether oxygens (including phenoxy) is 1. The SMILES string of the molecule is CCOC(C)Cc1ccc(NCCCc2ccc(OS(C)(=O)=O)cc2)cc1. The molecule has 27 heavy (non-hydrogen) atoms. The lowest BCUT2D eigenvalue weighted by Gasteiger charge is -2.12. The molecule has 0 amide bonds. The molecule has 0 aliphatic carbocycles. The fraction of sp³-hybridized carbons (Fsp3) is 0.429. The molecule has 1 atom stereocenters. The van der Waals surface area contributed by atoms with Gasteiger partial charge in [0.1, 0.15) is 5.75 Å². The first-order chi connectivity index (χ1) is 12.9. The summed E-state index contributed by atoms with van der Waals surface area (Å²) in [5.74, 6) is 0.345. The normalized spacial score (nSPS) is 12.6. The van der Waals surface area contributed by atoms with E-state index >= 15 is 0 Å². The lowest BCUT2D eigenvalue weighted by atomic mass is 10.1. The van der Waals surface area contributed by atoms with Crippen LogP contribution in [0, 0.1) is 0 Å². The highest BCUT2D eigenvalue weighted by Crippen LogP contribution is 2.16. The van der Waals surface area contributed by atoms with Gasteiger partial charge in [-0.15, -0.1) is 0 Å². The van der Waals surface area contributed by atoms with Gasteiger partial charge in [-0.1, -0.05) is 24.3 Å². The minimum absolute atomic E-state index is 0.239. The summed E-state index contributed by atoms with van der Waals surface area (Å²) in [5, 5.41) is 3.43. The van der Waals surface area contributed by atoms with Crippen LogP contribution in [0.4, 0.5) is 5.69 Å². The van der Waals surface area contributed by atoms with Gasteiger partial charge in [0, 0.05) is 18.8 Å². The van der Waals surface area contributed by atoms with Crippen LogP contribution in [-0.4, -0.2) is 33.9 Å². The molecule has 0 saturated carbocycles. The maximum atomic E-state index is 11.1. The van der Waals surface area contributed by atoms with Crippen molar-refractivity contribution in [1.29, 1.82) is 0 Å². The molecular weight excluding hydrogens is 362 g/mol. The molecule has 0 aliphatic heterocycles. The monoisotopic (exact) mass is 391 g/mol. The highest BCUT2D eigenvalue weighted by atomic mass is 32.2. The Morgan fingerprint density at radius 3 is 2.22 bits per heavy atom. The van der Waals surface area contributed by atoms with E-state index in [0.717, 1.165) is 49.9 Å². The molecule has 0 radical (unpaired) electrons. The Labute approximate surface area is 162 Å². The predicted molar refractivity (Wildman–Crippen MR) is 110 cm³/mol. The van der Waals surface area contributed by atoms with Crippen LogP contribution >= 0.6 is 0 Å². The van der Waals surface area contributed by atoms with Gasteiger partial charge in [-0.3, -0.25) is 0 Å². The molecule has 5 nitrogen and oxygen atoms in total. The standard InChI is InChI=1S/C21H29NO4S/c1-4-25-17(2)16-19-7-11-20(12-8-19)22-15-5-6-18-9-13-21(14-10-18)26-27(3,23)24/h7-14,17,22H,4-6,15-16H2,1-3H3. The second kappa shape index (κ2) is 10.3. The van der Waals surface area contributed by atoms with Gasteiger partial charge in [-0.25, -0.2) is 0 Å². The van der Waals surface area contributed by atoms with E-state index in [9.17, 15) is 8.42 Å². The number of aryl methyl sites for hydroxylation is 1. The Bertz CT molecular complexity index is 786. The maximum Gasteiger partial charge on any atom is 0.306 e. The van der Waals surface area contributed by atoms with Crippen molar-refractivity contribution in [3.05, 3.63) is 59.7 Å². The zero-order chi connectivity index (χ0) is 19.7. The second-order valence-corrected chi connectivity index (χ2v) is 8.20. The van der Waals surface area contributed by atoms with Crippen LogP contribution in [-0.2, 0) is 27.7 Å². The molecular formula is C21H29NO4S. The van der Waals surface area contributed by atoms with E-state index in [2.05, 4.69) is 36.5 Å². The Balaban J connectivity index is 1.72. The number of anilines is 1. The Hall–Kier alpha value is -2.05. The van der Waals surface area contributed by atoms with Crippen LogP contribution < -0.4 is 9.50 Å². The van der Waals surface area contributed by atoms with Crippen molar-refractivity contribution in [2.24, 2.45) is 0 Å². The minimum Gasteiger partial charge on any atom is -0.385 e. The second-order valence-electron chi connectivity index (χ2n) is 6.63. The van der Waals surface area contributed by atoms with Crippen LogP contribution in [0.2, 0.25) is 0 Å². The quantitative estimate of drug-likeness (QED) is 0.463. The summed E-state index contributed by atoms with van der Waals surface area (Å²) in [6.45, 7) is 5.72. The van der Waals surface area contributed by atoms with E-state index in [0.29, 0.717) is 5.75 Å². The first-order valence-electron chi connectivity index (χ1n) is 9.28. The fourth-order valence-corrected chi connectivity index (χ4v) is 3.31. The van der Waals surface area contributed by atoms with Crippen LogP contribution in [0.3, 0.4) is 0 Å². The number of hydrogen-bond donors (Lipinski definition) is 1. The number of hydrogen-bond acceptors (Lipinski definition) is 5. The zero-order valence-corrected chi connectivity index (χ0v) is 17.1. The molecule has 2 aromatic rings. The topological polar surface area (TPSA) is 64.6 Å². The molecule has 1 N–H and O–H groups in total. The summed E-state index contributed by atoms with van der Waals surface area (Å²) in [6.07, 6.45) is 4.10. The van der Waals surface area contributed by atoms with Gasteiger partial charge in [0.25, 0.3) is 0 Å². The summed E-state index contributed by atoms with van der Waals surface area (Å²) >= 11 is 0. The smallest absolute Gasteiger partial charge is 0.306 e. The summed E-state index contributed by atoms with van der Waals surface area (Å²) in [6, 6.07) is 15.6. The average Bonchev–Trinajstić information content (AvgIpc) is 2.60. The first kappa shape index (κ1) is 21.3. The molecule has 148 valence electrons. The van der Waals surface area contributed by atoms with Gasteiger partial charge in [0.2, 0.25) is 0 Å². The van der Waals surface area contributed by atoms with Gasteiger partial charge in [0.15, 0.2) is 0 Å². The van der Waals surface area contributed by atoms with E-state index in [4.69, 9.17) is 8.92 Å². The molecule has 0 aliphatic rings. The predicted octanol–water partition coefficient (Wildman–Crippen LogP) is 4.04. The third kappa shape index (κ3) is 8.45. The van der Waals surface area contributed by atoms with Crippen LogP contribution in [0.5, 0.6) is 5.75 Å². The van der Waals surface area contributed by atoms with Crippen molar-refractivity contribution in [2.75, 3.05) is 24.7 Å². The molecule has 0 heterocycles. The molecule has 0 saturated heterocycles. The molecule has 2 rings (SSSR count). The van der Waals surface area contributed by atoms with E-state index in [1.165, 1.54) is 5.56 Å². The van der Waals surface area contributed by atoms with Crippen LogP contribution in [0.25, 0.3) is 0 Å². The third-order valence-corrected chi connectivity index (χ3v) is 4.57. The Morgan fingerprint density at radius 1 is 1.00 bits per heavy atom. The minimum atomic E-state index is -3.47. The maximum absolute atomic E-state index is 11.1. The molecule has 0 aromatic heterocycles. The highest BCUT2D eigenvalue weighted by molar-refractivity contribution is 7.86. The molecule has 0 fully saturated rings. The van der Waals surface area contributed by atoms with Crippen LogP contribution in [0.1, 0.15) is 31.4 Å². The zero-order valence-electron chi connectivity index (χ0n) is 16.3. The molecule has 6 heteroatoms. The van der Waals surface area contributed by atoms with E-state index in [1.807, 2.05) is 19.1 Å². The summed E-state index contributed by atoms with van der Waals surface area (Å²) < 4.78 is 32.6. The van der Waals surface area contributed by atoms with Gasteiger partial charge in [-0.05, 0) is 68.5 Å². The summed E-state index contributed by atoms with van der Waals surface area (Å²) in [7, 11) is -3.47. The molecule has 2 aromatic carbocycles. The number of nitrogens with one attached hydrogen (secondary N) is 1. The molecule has 0 bridgehead atoms. The van der Waals surface area contributed by atoms with Gasteiger partial charge >= 0.3 is 10.1 Å². The van der Waals surface area contributed by atoms with Crippen LogP contribution in [0.15, 0.2) is 48.5 Å². The van der Waals surface area contributed by atoms with Crippen molar-refractivity contribution in [3.8, 4) is 5.75 Å². The van der Waals surface area contributed by atoms with E-state index in [1.54, 1.807) is 12.1 Å². The van der Waals surface area contributed by atoms with Gasteiger partial charge in [-0.2, -0.15) is 8.42 Å². The van der Waals surface area contributed by atoms with Crippen molar-refractivity contribution < 1.29 is 17.3 Å². The summed E-state index contributed by atoms with van der Waals surface area (Å²) in [5.41, 5.74) is 3.54. The van der Waals surface area contributed by atoms with Crippen molar-refractivity contribution in [2.45, 2.75) is 39.2 Å². The Morgan fingerprint density at radius 2 is 1.63 bits per heavy atom. The van der Waals surface area contributed by atoms with Crippen molar-refractivity contribution in [1.82, 2.24) is 0 Å². The van der Waals surface area contributed by atoms with Crippen molar-refractivity contribution in [3.63, 3.8) is 0 Å². The number of benzene rings is 2. The fourth-order valence-electron chi connectivity index (χ4n) is 2.85. The lowest BCUT2D eigenvalue weighted by molar-refractivity contribution is 0.0768. The molecule has 1 unspecified atom stereocenters. The van der Waals surface area contributed by atoms with Gasteiger partial charge in [0.05, 0.1) is 12.4 Å². The van der Waals surface area contributed by atoms with Crippen molar-refractivity contribution >= 4 is 15.8 Å².